The highest BCUT2D eigenvalue weighted by atomic mass is 35.5. The van der Waals surface area contributed by atoms with Crippen LogP contribution < -0.4 is 5.32 Å². The van der Waals surface area contributed by atoms with E-state index in [-0.39, 0.29) is 22.5 Å². The van der Waals surface area contributed by atoms with Gasteiger partial charge >= 0.3 is 0 Å². The van der Waals surface area contributed by atoms with Gasteiger partial charge in [-0.25, -0.2) is 0 Å². The van der Waals surface area contributed by atoms with Crippen LogP contribution in [0.2, 0.25) is 5.02 Å². The smallest absolute Gasteiger partial charge is 0.271 e. The molecule has 0 saturated carbocycles. The van der Waals surface area contributed by atoms with Crippen molar-refractivity contribution in [1.82, 2.24) is 0 Å². The molecule has 0 aliphatic heterocycles. The van der Waals surface area contributed by atoms with Crippen molar-refractivity contribution in [2.45, 2.75) is 13.3 Å². The van der Waals surface area contributed by atoms with Crippen molar-refractivity contribution in [2.75, 3.05) is 5.32 Å². The van der Waals surface area contributed by atoms with Crippen molar-refractivity contribution in [3.63, 3.8) is 0 Å². The second-order valence-electron chi connectivity index (χ2n) is 5.00. The molecule has 1 amide bonds. The van der Waals surface area contributed by atoms with Gasteiger partial charge in [-0.15, -0.1) is 0 Å². The number of hydrogen-bond donors (Lipinski definition) is 1. The molecule has 0 heterocycles. The quantitative estimate of drug-likeness (QED) is 0.667. The van der Waals surface area contributed by atoms with Crippen molar-refractivity contribution in [1.29, 1.82) is 0 Å². The van der Waals surface area contributed by atoms with Crippen molar-refractivity contribution in [3.05, 3.63) is 69.2 Å². The van der Waals surface area contributed by atoms with E-state index in [0.29, 0.717) is 12.1 Å². The number of nitro groups is 1. The van der Waals surface area contributed by atoms with Crippen molar-refractivity contribution >= 4 is 28.9 Å². The number of non-ortho nitro benzene ring substituents is 1. The predicted octanol–water partition coefficient (Wildman–Crippen LogP) is 4.07. The Morgan fingerprint density at radius 2 is 1.95 bits per heavy atom. The molecule has 5 nitrogen and oxygen atoms in total. The Kier molecular flexibility index (Phi) is 5.12. The molecule has 6 heteroatoms. The molecule has 1 atom stereocenters. The lowest BCUT2D eigenvalue weighted by molar-refractivity contribution is -0.384. The fraction of sp³-hybridized carbons (Fsp3) is 0.188. The van der Waals surface area contributed by atoms with Gasteiger partial charge < -0.3 is 5.32 Å². The summed E-state index contributed by atoms with van der Waals surface area (Å²) in [6.45, 7) is 1.82. The van der Waals surface area contributed by atoms with Gasteiger partial charge in [0.05, 0.1) is 15.6 Å². The third kappa shape index (κ3) is 4.05. The van der Waals surface area contributed by atoms with Crippen LogP contribution in [0.5, 0.6) is 0 Å². The lowest BCUT2D eigenvalue weighted by atomic mass is 10.0. The fourth-order valence-electron chi connectivity index (χ4n) is 2.04. The third-order valence-corrected chi connectivity index (χ3v) is 3.57. The third-order valence-electron chi connectivity index (χ3n) is 3.25. The zero-order valence-electron chi connectivity index (χ0n) is 12.0. The molecule has 0 bridgehead atoms. The van der Waals surface area contributed by atoms with Gasteiger partial charge in [0.15, 0.2) is 0 Å². The Bertz CT molecular complexity index is 689. The molecule has 0 spiro atoms. The number of nitro benzene ring substituents is 1. The van der Waals surface area contributed by atoms with Crippen molar-refractivity contribution in [2.24, 2.45) is 5.92 Å². The molecule has 1 N–H and O–H groups in total. The first-order valence-corrected chi connectivity index (χ1v) is 7.14. The van der Waals surface area contributed by atoms with Gasteiger partial charge in [0.2, 0.25) is 5.91 Å². The number of carbonyl (C=O) groups excluding carboxylic acids is 1. The number of anilines is 1. The maximum atomic E-state index is 12.2. The highest BCUT2D eigenvalue weighted by Gasteiger charge is 2.16. The molecule has 0 radical (unpaired) electrons. The van der Waals surface area contributed by atoms with E-state index in [2.05, 4.69) is 5.32 Å². The Balaban J connectivity index is 2.04. The highest BCUT2D eigenvalue weighted by molar-refractivity contribution is 6.34. The lowest BCUT2D eigenvalue weighted by Gasteiger charge is -2.13. The van der Waals surface area contributed by atoms with Gasteiger partial charge in [0, 0.05) is 18.1 Å². The molecule has 114 valence electrons. The largest absolute Gasteiger partial charge is 0.325 e. The van der Waals surface area contributed by atoms with E-state index >= 15 is 0 Å². The van der Waals surface area contributed by atoms with Crippen LogP contribution in [0.1, 0.15) is 12.5 Å². The molecule has 2 aromatic rings. The molecule has 0 aliphatic rings. The van der Waals surface area contributed by atoms with Gasteiger partial charge in [0.25, 0.3) is 5.69 Å². The summed E-state index contributed by atoms with van der Waals surface area (Å²) in [6, 6.07) is 13.7. The van der Waals surface area contributed by atoms with E-state index in [1.807, 2.05) is 37.3 Å². The number of rotatable bonds is 5. The molecule has 0 fully saturated rings. The van der Waals surface area contributed by atoms with E-state index < -0.39 is 4.92 Å². The monoisotopic (exact) mass is 318 g/mol. The van der Waals surface area contributed by atoms with E-state index in [9.17, 15) is 14.9 Å². The average molecular weight is 319 g/mol. The number of nitrogens with one attached hydrogen (secondary N) is 1. The van der Waals surface area contributed by atoms with Gasteiger partial charge in [-0.2, -0.15) is 0 Å². The summed E-state index contributed by atoms with van der Waals surface area (Å²) in [5, 5.41) is 13.5. The number of amides is 1. The first kappa shape index (κ1) is 16.0. The first-order valence-electron chi connectivity index (χ1n) is 6.76. The summed E-state index contributed by atoms with van der Waals surface area (Å²) in [4.78, 5) is 22.3. The Morgan fingerprint density at radius 3 is 2.55 bits per heavy atom. The summed E-state index contributed by atoms with van der Waals surface area (Å²) in [5.41, 5.74) is 1.33. The molecule has 0 unspecified atom stereocenters. The second kappa shape index (κ2) is 7.04. The number of halogens is 1. The standard InChI is InChI=1S/C16H15ClN2O3/c1-11(9-12-5-3-2-4-6-12)16(20)18-15-8-7-13(19(21)22)10-14(15)17/h2-8,10-11H,9H2,1H3,(H,18,20)/t11-/m0/s1. The van der Waals surface area contributed by atoms with Gasteiger partial charge in [-0.05, 0) is 18.1 Å². The number of benzene rings is 2. The Hall–Kier alpha value is -2.40. The van der Waals surface area contributed by atoms with Crippen LogP contribution in [0.3, 0.4) is 0 Å². The molecule has 2 rings (SSSR count). The normalized spacial score (nSPS) is 11.7. The summed E-state index contributed by atoms with van der Waals surface area (Å²) < 4.78 is 0. The van der Waals surface area contributed by atoms with Gasteiger partial charge in [0.1, 0.15) is 0 Å². The van der Waals surface area contributed by atoms with Gasteiger partial charge in [-0.1, -0.05) is 48.9 Å². The molecule has 2 aromatic carbocycles. The Morgan fingerprint density at radius 1 is 1.27 bits per heavy atom. The molecular weight excluding hydrogens is 304 g/mol. The second-order valence-corrected chi connectivity index (χ2v) is 5.41. The SMILES string of the molecule is C[C@@H](Cc1ccccc1)C(=O)Nc1ccc([N+](=O)[O-])cc1Cl. The number of carbonyl (C=O) groups is 1. The first-order chi connectivity index (χ1) is 10.5. The fourth-order valence-corrected chi connectivity index (χ4v) is 2.26. The Labute approximate surface area is 133 Å². The lowest BCUT2D eigenvalue weighted by Crippen LogP contribution is -2.22. The zero-order chi connectivity index (χ0) is 16.1. The maximum Gasteiger partial charge on any atom is 0.271 e. The van der Waals surface area contributed by atoms with Crippen LogP contribution in [0.25, 0.3) is 0 Å². The highest BCUT2D eigenvalue weighted by Crippen LogP contribution is 2.27. The average Bonchev–Trinajstić information content (AvgIpc) is 2.50. The van der Waals surface area contributed by atoms with Crippen LogP contribution in [0.15, 0.2) is 48.5 Å². The van der Waals surface area contributed by atoms with Gasteiger partial charge in [-0.3, -0.25) is 14.9 Å². The number of hydrogen-bond acceptors (Lipinski definition) is 3. The van der Waals surface area contributed by atoms with E-state index in [1.165, 1.54) is 18.2 Å². The maximum absolute atomic E-state index is 12.2. The minimum absolute atomic E-state index is 0.111. The molecule has 0 aromatic heterocycles. The van der Waals surface area contributed by atoms with E-state index in [0.717, 1.165) is 5.56 Å². The summed E-state index contributed by atoms with van der Waals surface area (Å²) in [5.74, 6) is -0.423. The van der Waals surface area contributed by atoms with Crippen molar-refractivity contribution in [3.8, 4) is 0 Å². The predicted molar refractivity (Wildman–Crippen MR) is 86.0 cm³/mol. The van der Waals surface area contributed by atoms with E-state index in [4.69, 9.17) is 11.6 Å². The summed E-state index contributed by atoms with van der Waals surface area (Å²) in [7, 11) is 0. The molecular formula is C16H15ClN2O3. The van der Waals surface area contributed by atoms with Crippen LogP contribution >= 0.6 is 11.6 Å². The van der Waals surface area contributed by atoms with Crippen LogP contribution in [0, 0.1) is 16.0 Å². The minimum Gasteiger partial charge on any atom is -0.325 e. The number of nitrogens with zero attached hydrogens (tertiary/aromatic N) is 1. The topological polar surface area (TPSA) is 72.2 Å². The van der Waals surface area contributed by atoms with Crippen LogP contribution in [-0.4, -0.2) is 10.8 Å². The van der Waals surface area contributed by atoms with Crippen molar-refractivity contribution < 1.29 is 9.72 Å². The molecule has 0 saturated heterocycles. The summed E-state index contributed by atoms with van der Waals surface area (Å²) in [6.07, 6.45) is 0.608. The molecule has 22 heavy (non-hydrogen) atoms. The van der Waals surface area contributed by atoms with Crippen LogP contribution in [-0.2, 0) is 11.2 Å². The summed E-state index contributed by atoms with van der Waals surface area (Å²) >= 11 is 5.96. The zero-order valence-corrected chi connectivity index (χ0v) is 12.7. The molecule has 0 aliphatic carbocycles. The van der Waals surface area contributed by atoms with Crippen LogP contribution in [0.4, 0.5) is 11.4 Å². The minimum atomic E-state index is -0.532. The van der Waals surface area contributed by atoms with E-state index in [1.54, 1.807) is 0 Å².